The van der Waals surface area contributed by atoms with E-state index in [4.69, 9.17) is 9.47 Å². The van der Waals surface area contributed by atoms with Crippen LogP contribution in [0.5, 0.6) is 11.5 Å². The Balaban J connectivity index is 0.000000317. The van der Waals surface area contributed by atoms with Crippen molar-refractivity contribution >= 4 is 23.7 Å². The van der Waals surface area contributed by atoms with Gasteiger partial charge in [-0.15, -0.1) is 0 Å². The van der Waals surface area contributed by atoms with Crippen LogP contribution in [0.1, 0.15) is 40.4 Å². The normalized spacial score (nSPS) is 10.0. The zero-order valence-corrected chi connectivity index (χ0v) is 25.5. The van der Waals surface area contributed by atoms with E-state index in [1.807, 2.05) is 69.3 Å². The van der Waals surface area contributed by atoms with E-state index in [9.17, 15) is 19.2 Å². The first-order valence-corrected chi connectivity index (χ1v) is 13.8. The lowest BCUT2D eigenvalue weighted by atomic mass is 10.1. The van der Waals surface area contributed by atoms with Crippen LogP contribution < -0.4 is 25.4 Å². The average molecular weight is 593 g/mol. The van der Waals surface area contributed by atoms with Crippen LogP contribution in [-0.4, -0.2) is 56.0 Å². The van der Waals surface area contributed by atoms with Crippen molar-refractivity contribution in [2.45, 2.75) is 47.2 Å². The highest BCUT2D eigenvalue weighted by Gasteiger charge is 2.15. The summed E-state index contributed by atoms with van der Waals surface area (Å²) in [6, 6.07) is 15.2. The Morgan fingerprint density at radius 2 is 1.21 bits per heavy atom. The Labute approximate surface area is 252 Å². The number of carbonyl (C=O) groups is 4. The fourth-order valence-electron chi connectivity index (χ4n) is 3.73. The van der Waals surface area contributed by atoms with Gasteiger partial charge in [0.15, 0.2) is 0 Å². The van der Waals surface area contributed by atoms with Gasteiger partial charge in [0, 0.05) is 49.1 Å². The molecule has 0 aliphatic rings. The third-order valence-electron chi connectivity index (χ3n) is 6.07. The lowest BCUT2D eigenvalue weighted by Gasteiger charge is -2.10. The van der Waals surface area contributed by atoms with Gasteiger partial charge >= 0.3 is 23.7 Å². The van der Waals surface area contributed by atoms with Crippen LogP contribution in [0, 0.1) is 20.8 Å². The molecule has 43 heavy (non-hydrogen) atoms. The number of methoxy groups -OCH3 is 2. The third kappa shape index (κ3) is 11.8. The van der Waals surface area contributed by atoms with Crippen LogP contribution in [0.2, 0.25) is 0 Å². The van der Waals surface area contributed by atoms with Crippen LogP contribution >= 0.6 is 0 Å². The molecule has 3 aromatic rings. The van der Waals surface area contributed by atoms with E-state index in [0.29, 0.717) is 24.5 Å². The maximum absolute atomic E-state index is 11.9. The van der Waals surface area contributed by atoms with Gasteiger partial charge in [-0.05, 0) is 62.6 Å². The minimum Gasteiger partial charge on any atom is -0.496 e. The molecule has 0 radical (unpaired) electrons. The Morgan fingerprint density at radius 3 is 1.70 bits per heavy atom. The van der Waals surface area contributed by atoms with Crippen LogP contribution in [0.4, 0.5) is 0 Å². The highest BCUT2D eigenvalue weighted by molar-refractivity contribution is 6.35. The SMILES string of the molecule is CCOC(=O)C(=O)NCc1ccc(C)cc1OC.COc1cc(C)ccc1CNC(=O)C(=O)NCCc1ccc(C)cn1. The van der Waals surface area contributed by atoms with Crippen molar-refractivity contribution in [3.63, 3.8) is 0 Å². The molecule has 230 valence electrons. The first-order chi connectivity index (χ1) is 20.6. The summed E-state index contributed by atoms with van der Waals surface area (Å²) >= 11 is 0. The number of amides is 3. The third-order valence-corrected chi connectivity index (χ3v) is 6.07. The number of aryl methyl sites for hydroxylation is 3. The standard InChI is InChI=1S/C19H23N3O3.C13H17NO4/c1-13-4-6-15(17(10-13)25-3)12-22-19(24)18(23)20-9-8-16-7-5-14(2)11-21-16;1-4-18-13(16)12(15)14-8-10-6-5-9(2)7-11(10)17-3/h4-7,10-11H,8-9,12H2,1-3H3,(H,20,23)(H,22,24);5-7H,4,8H2,1-3H3,(H,14,15). The van der Waals surface area contributed by atoms with Crippen molar-refractivity contribution in [3.8, 4) is 11.5 Å². The Kier molecular flexibility index (Phi) is 14.2. The van der Waals surface area contributed by atoms with E-state index < -0.39 is 23.7 Å². The molecule has 0 saturated heterocycles. The summed E-state index contributed by atoms with van der Waals surface area (Å²) in [5.41, 5.74) is 5.70. The van der Waals surface area contributed by atoms with Crippen LogP contribution in [0.25, 0.3) is 0 Å². The van der Waals surface area contributed by atoms with Gasteiger partial charge < -0.3 is 30.2 Å². The Bertz CT molecular complexity index is 1390. The van der Waals surface area contributed by atoms with Crippen LogP contribution in [0.3, 0.4) is 0 Å². The molecule has 2 aromatic carbocycles. The number of hydrogen-bond donors (Lipinski definition) is 3. The summed E-state index contributed by atoms with van der Waals surface area (Å²) in [5, 5.41) is 7.68. The van der Waals surface area contributed by atoms with Gasteiger partial charge in [-0.2, -0.15) is 0 Å². The summed E-state index contributed by atoms with van der Waals surface area (Å²) in [7, 11) is 3.14. The number of esters is 1. The first-order valence-electron chi connectivity index (χ1n) is 13.8. The molecule has 0 fully saturated rings. The van der Waals surface area contributed by atoms with E-state index >= 15 is 0 Å². The summed E-state index contributed by atoms with van der Waals surface area (Å²) in [6.45, 7) is 8.51. The summed E-state index contributed by atoms with van der Waals surface area (Å²) in [5.74, 6) is -1.58. The van der Waals surface area contributed by atoms with Crippen molar-refractivity contribution in [1.29, 1.82) is 0 Å². The number of ether oxygens (including phenoxy) is 3. The van der Waals surface area contributed by atoms with Gasteiger partial charge in [0.05, 0.1) is 20.8 Å². The second-order valence-corrected chi connectivity index (χ2v) is 9.55. The quantitative estimate of drug-likeness (QED) is 0.241. The van der Waals surface area contributed by atoms with Crippen LogP contribution in [-0.2, 0) is 43.4 Å². The molecule has 1 aromatic heterocycles. The number of hydrogen-bond acceptors (Lipinski definition) is 8. The number of rotatable bonds is 10. The summed E-state index contributed by atoms with van der Waals surface area (Å²) < 4.78 is 15.1. The van der Waals surface area contributed by atoms with E-state index in [2.05, 4.69) is 25.7 Å². The maximum atomic E-state index is 11.9. The predicted octanol–water partition coefficient (Wildman–Crippen LogP) is 2.87. The lowest BCUT2D eigenvalue weighted by Crippen LogP contribution is -2.40. The molecule has 0 aliphatic carbocycles. The highest BCUT2D eigenvalue weighted by Crippen LogP contribution is 2.20. The van der Waals surface area contributed by atoms with Gasteiger partial charge in [-0.1, -0.05) is 30.3 Å². The molecular formula is C32H40N4O7. The monoisotopic (exact) mass is 592 g/mol. The topological polar surface area (TPSA) is 145 Å². The molecule has 3 amide bonds. The zero-order chi connectivity index (χ0) is 31.8. The molecule has 11 heteroatoms. The molecule has 0 bridgehead atoms. The lowest BCUT2D eigenvalue weighted by molar-refractivity contribution is -0.154. The number of nitrogens with zero attached hydrogens (tertiary/aromatic N) is 1. The number of benzene rings is 2. The van der Waals surface area contributed by atoms with Gasteiger partial charge in [0.2, 0.25) is 0 Å². The fourth-order valence-corrected chi connectivity index (χ4v) is 3.73. The van der Waals surface area contributed by atoms with Gasteiger partial charge in [-0.3, -0.25) is 19.4 Å². The maximum Gasteiger partial charge on any atom is 0.396 e. The fraction of sp³-hybridized carbons (Fsp3) is 0.344. The summed E-state index contributed by atoms with van der Waals surface area (Å²) in [4.78, 5) is 50.4. The molecule has 0 unspecified atom stereocenters. The molecule has 0 saturated carbocycles. The van der Waals surface area contributed by atoms with E-state index in [1.165, 1.54) is 0 Å². The second-order valence-electron chi connectivity index (χ2n) is 9.55. The van der Waals surface area contributed by atoms with Crippen molar-refractivity contribution < 1.29 is 33.4 Å². The van der Waals surface area contributed by atoms with Crippen molar-refractivity contribution in [2.24, 2.45) is 0 Å². The second kappa shape index (κ2) is 17.8. The van der Waals surface area contributed by atoms with Gasteiger partial charge in [-0.25, -0.2) is 4.79 Å². The molecule has 3 rings (SSSR count). The number of pyridine rings is 1. The summed E-state index contributed by atoms with van der Waals surface area (Å²) in [6.07, 6.45) is 2.35. The smallest absolute Gasteiger partial charge is 0.396 e. The average Bonchev–Trinajstić information content (AvgIpc) is 3.00. The zero-order valence-electron chi connectivity index (χ0n) is 25.5. The van der Waals surface area contributed by atoms with E-state index in [-0.39, 0.29) is 19.7 Å². The minimum atomic E-state index is -0.872. The largest absolute Gasteiger partial charge is 0.496 e. The minimum absolute atomic E-state index is 0.181. The molecule has 11 nitrogen and oxygen atoms in total. The molecule has 1 heterocycles. The van der Waals surface area contributed by atoms with Crippen molar-refractivity contribution in [1.82, 2.24) is 20.9 Å². The number of carbonyl (C=O) groups excluding carboxylic acids is 4. The molecule has 0 atom stereocenters. The van der Waals surface area contributed by atoms with Crippen LogP contribution in [0.15, 0.2) is 54.7 Å². The van der Waals surface area contributed by atoms with E-state index in [1.54, 1.807) is 27.3 Å². The Morgan fingerprint density at radius 1 is 0.698 bits per heavy atom. The number of aromatic nitrogens is 1. The Hall–Kier alpha value is -4.93. The molecular weight excluding hydrogens is 552 g/mol. The van der Waals surface area contributed by atoms with Gasteiger partial charge in [0.25, 0.3) is 0 Å². The first kappa shape index (κ1) is 34.3. The number of nitrogens with one attached hydrogen (secondary N) is 3. The van der Waals surface area contributed by atoms with E-state index in [0.717, 1.165) is 33.5 Å². The van der Waals surface area contributed by atoms with Crippen molar-refractivity contribution in [2.75, 3.05) is 27.4 Å². The molecule has 0 spiro atoms. The highest BCUT2D eigenvalue weighted by atomic mass is 16.5. The van der Waals surface area contributed by atoms with Gasteiger partial charge in [0.1, 0.15) is 11.5 Å². The molecule has 0 aliphatic heterocycles. The van der Waals surface area contributed by atoms with Crippen molar-refractivity contribution in [3.05, 3.63) is 88.2 Å². The predicted molar refractivity (Wildman–Crippen MR) is 161 cm³/mol. The molecule has 3 N–H and O–H groups in total.